The monoisotopic (exact) mass is 617 g/mol. The van der Waals surface area contributed by atoms with Gasteiger partial charge in [0.15, 0.2) is 0 Å². The molecule has 0 atom stereocenters. The maximum absolute atomic E-state index is 12.7. The van der Waals surface area contributed by atoms with E-state index in [1.165, 1.54) is 48.6 Å². The average molecular weight is 617 g/mol. The van der Waals surface area contributed by atoms with Crippen LogP contribution in [0.3, 0.4) is 0 Å². The molecule has 0 aliphatic carbocycles. The molecule has 0 saturated heterocycles. The summed E-state index contributed by atoms with van der Waals surface area (Å²) in [5.41, 5.74) is 0.957. The number of benzene rings is 1. The first-order chi connectivity index (χ1) is 20.1. The molecule has 0 saturated carbocycles. The van der Waals surface area contributed by atoms with Gasteiger partial charge in [-0.3, -0.25) is 0 Å². The van der Waals surface area contributed by atoms with Crippen LogP contribution in [-0.4, -0.2) is 64.2 Å². The average Bonchev–Trinajstić information content (AvgIpc) is 3.74. The van der Waals surface area contributed by atoms with Crippen molar-refractivity contribution in [2.45, 2.75) is 0 Å². The van der Waals surface area contributed by atoms with Crippen LogP contribution >= 0.6 is 0 Å². The van der Waals surface area contributed by atoms with Crippen LogP contribution < -0.4 is 0 Å². The quantitative estimate of drug-likeness (QED) is 0.141. The summed E-state index contributed by atoms with van der Waals surface area (Å²) in [6.45, 7) is 0. The molecule has 1 radical (unpaired) electrons. The Hall–Kier alpha value is -5.78. The molecule has 6 N–H and O–H groups in total. The summed E-state index contributed by atoms with van der Waals surface area (Å²) in [7, 11) is 0. The zero-order valence-corrected chi connectivity index (χ0v) is 22.8. The summed E-state index contributed by atoms with van der Waals surface area (Å²) >= 11 is 0. The van der Waals surface area contributed by atoms with Crippen molar-refractivity contribution in [1.82, 2.24) is 19.9 Å². The smallest absolute Gasteiger partial charge is 0.340 e. The van der Waals surface area contributed by atoms with Gasteiger partial charge in [0.25, 0.3) is 0 Å². The molecule has 6 rings (SSSR count). The minimum absolute atomic E-state index is 0. The van der Waals surface area contributed by atoms with E-state index in [1.807, 2.05) is 0 Å². The molecule has 43 heavy (non-hydrogen) atoms. The van der Waals surface area contributed by atoms with Crippen molar-refractivity contribution in [2.75, 3.05) is 0 Å². The molecule has 0 fully saturated rings. The first-order valence-electron chi connectivity index (χ1n) is 12.3. The summed E-state index contributed by atoms with van der Waals surface area (Å²) in [4.78, 5) is 63.6. The largest absolute Gasteiger partial charge is 0.478 e. The molecule has 3 aromatic heterocycles. The first kappa shape index (κ1) is 28.7. The topological polar surface area (TPSA) is 207 Å². The zero-order valence-electron chi connectivity index (χ0n) is 21.6. The van der Waals surface area contributed by atoms with Crippen molar-refractivity contribution in [2.24, 2.45) is 0 Å². The number of aromatic nitrogens is 4. The zero-order chi connectivity index (χ0) is 29.7. The minimum atomic E-state index is -1.38. The maximum Gasteiger partial charge on any atom is 0.340 e. The number of carbonyl (C=O) groups is 4. The van der Waals surface area contributed by atoms with Gasteiger partial charge in [0, 0.05) is 28.1 Å². The Labute approximate surface area is 251 Å². The Morgan fingerprint density at radius 1 is 0.605 bits per heavy atom. The van der Waals surface area contributed by atoms with E-state index in [2.05, 4.69) is 19.9 Å². The predicted octanol–water partition coefficient (Wildman–Crippen LogP) is 5.11. The number of rotatable bonds is 5. The summed E-state index contributed by atoms with van der Waals surface area (Å²) in [5.74, 6) is -5.19. The van der Waals surface area contributed by atoms with Gasteiger partial charge < -0.3 is 30.4 Å². The van der Waals surface area contributed by atoms with Crippen LogP contribution in [0.15, 0.2) is 48.5 Å². The number of carboxylic acids is 4. The molecule has 5 heterocycles. The molecule has 13 heteroatoms. The number of fused-ring (bicyclic) bond motifs is 8. The van der Waals surface area contributed by atoms with Gasteiger partial charge in [-0.05, 0) is 66.3 Å². The summed E-state index contributed by atoms with van der Waals surface area (Å²) < 4.78 is 0. The number of H-pyrrole nitrogens is 2. The molecule has 1 aromatic carbocycles. The molecular weight excluding hydrogens is 599 g/mol. The SMILES string of the molecule is O=C(O)c1cccc(-c2cc3cc4nc(c(C(=O)O)c5ccc([nH]5)c(C(=O)O)c5nc(c(C(=O)O)c2[nH]3)C=C5)C=C4)c1.[Mn]. The summed E-state index contributed by atoms with van der Waals surface area (Å²) in [6.07, 6.45) is 5.79. The fourth-order valence-corrected chi connectivity index (χ4v) is 4.95. The van der Waals surface area contributed by atoms with Crippen molar-refractivity contribution in [1.29, 1.82) is 0 Å². The Bertz CT molecular complexity index is 2120. The fourth-order valence-electron chi connectivity index (χ4n) is 4.95. The minimum Gasteiger partial charge on any atom is -0.478 e. The Morgan fingerprint density at radius 2 is 1.19 bits per heavy atom. The number of carboxylic acid groups (broad SMARTS) is 4. The van der Waals surface area contributed by atoms with Crippen LogP contribution in [0, 0.1) is 0 Å². The molecule has 4 aromatic rings. The number of nitrogens with one attached hydrogen (secondary N) is 2. The van der Waals surface area contributed by atoms with Crippen LogP contribution in [0.25, 0.3) is 57.5 Å². The number of nitrogens with zero attached hydrogens (tertiary/aromatic N) is 2. The van der Waals surface area contributed by atoms with Crippen LogP contribution in [0.4, 0.5) is 0 Å². The predicted molar refractivity (Wildman–Crippen MR) is 152 cm³/mol. The van der Waals surface area contributed by atoms with Gasteiger partial charge in [0.2, 0.25) is 0 Å². The number of aromatic amines is 2. The van der Waals surface area contributed by atoms with Crippen LogP contribution in [0.1, 0.15) is 64.2 Å². The van der Waals surface area contributed by atoms with Crippen molar-refractivity contribution in [3.05, 3.63) is 93.6 Å². The van der Waals surface area contributed by atoms with E-state index in [-0.39, 0.29) is 73.0 Å². The summed E-state index contributed by atoms with van der Waals surface area (Å²) in [6, 6.07) is 12.0. The summed E-state index contributed by atoms with van der Waals surface area (Å²) in [5, 5.41) is 39.9. The van der Waals surface area contributed by atoms with Gasteiger partial charge in [-0.15, -0.1) is 0 Å². The number of aromatic carboxylic acids is 4. The maximum atomic E-state index is 12.7. The Morgan fingerprint density at radius 3 is 1.79 bits per heavy atom. The normalized spacial score (nSPS) is 11.6. The van der Waals surface area contributed by atoms with Gasteiger partial charge in [-0.1, -0.05) is 12.1 Å². The van der Waals surface area contributed by atoms with E-state index in [0.717, 1.165) is 0 Å². The second-order valence-electron chi connectivity index (χ2n) is 9.34. The van der Waals surface area contributed by atoms with Crippen molar-refractivity contribution < 1.29 is 56.7 Å². The third kappa shape index (κ3) is 5.10. The van der Waals surface area contributed by atoms with E-state index in [0.29, 0.717) is 22.3 Å². The van der Waals surface area contributed by atoms with E-state index in [1.54, 1.807) is 24.3 Å². The molecule has 2 aliphatic rings. The molecule has 213 valence electrons. The van der Waals surface area contributed by atoms with Crippen LogP contribution in [0.2, 0.25) is 0 Å². The molecule has 2 aliphatic heterocycles. The van der Waals surface area contributed by atoms with E-state index < -0.39 is 23.9 Å². The molecular formula is C30H18MnN4O8. The van der Waals surface area contributed by atoms with Gasteiger partial charge in [0.1, 0.15) is 16.7 Å². The van der Waals surface area contributed by atoms with E-state index >= 15 is 0 Å². The van der Waals surface area contributed by atoms with E-state index in [9.17, 15) is 39.6 Å². The van der Waals surface area contributed by atoms with Crippen LogP contribution in [0.5, 0.6) is 0 Å². The van der Waals surface area contributed by atoms with Gasteiger partial charge in [0.05, 0.1) is 44.9 Å². The molecule has 0 unspecified atom stereocenters. The third-order valence-electron chi connectivity index (χ3n) is 6.75. The Balaban J connectivity index is 0.00000368. The van der Waals surface area contributed by atoms with Crippen molar-refractivity contribution in [3.8, 4) is 11.1 Å². The third-order valence-corrected chi connectivity index (χ3v) is 6.75. The van der Waals surface area contributed by atoms with Gasteiger partial charge >= 0.3 is 23.9 Å². The fraction of sp³-hybridized carbons (Fsp3) is 0. The number of hydrogen-bond donors (Lipinski definition) is 6. The molecule has 0 amide bonds. The van der Waals surface area contributed by atoms with Crippen LogP contribution in [-0.2, 0) is 17.1 Å². The second-order valence-corrected chi connectivity index (χ2v) is 9.34. The molecule has 12 nitrogen and oxygen atoms in total. The number of hydrogen-bond acceptors (Lipinski definition) is 6. The van der Waals surface area contributed by atoms with Crippen molar-refractivity contribution in [3.63, 3.8) is 0 Å². The molecule has 0 spiro atoms. The van der Waals surface area contributed by atoms with Gasteiger partial charge in [-0.25, -0.2) is 29.1 Å². The van der Waals surface area contributed by atoms with Gasteiger partial charge in [-0.2, -0.15) is 0 Å². The van der Waals surface area contributed by atoms with E-state index in [4.69, 9.17) is 0 Å². The molecule has 8 bridgehead atoms. The Kier molecular flexibility index (Phi) is 7.28. The standard InChI is InChI=1S/C30H18N4O8.Mn/c35-27(36)14-3-1-2-13(10-14)17-12-16-11-15-4-5-18(31-15)23(28(37)38)19-6-7-20(33-19)24(29(39)40)21-8-9-22(34-21)25(30(41)42)26(17)32-16;/h1-12,32-33H,(H,35,36)(H,37,38)(H,39,40)(H,41,42);. The first-order valence-corrected chi connectivity index (χ1v) is 12.3. The van der Waals surface area contributed by atoms with Crippen molar-refractivity contribution >= 4 is 70.2 Å². The second kappa shape index (κ2) is 10.9.